The van der Waals surface area contributed by atoms with Gasteiger partial charge < -0.3 is 10.3 Å². The van der Waals surface area contributed by atoms with Gasteiger partial charge in [0, 0.05) is 25.7 Å². The average Bonchev–Trinajstić information content (AvgIpc) is 3.36. The fraction of sp³-hybridized carbons (Fsp3) is 0.786. The largest absolute Gasteiger partial charge is 0.368 e. The van der Waals surface area contributed by atoms with Gasteiger partial charge in [-0.05, 0) is 31.6 Å². The van der Waals surface area contributed by atoms with Crippen molar-refractivity contribution in [3.05, 3.63) is 12.2 Å². The summed E-state index contributed by atoms with van der Waals surface area (Å²) in [5.74, 6) is 1.18. The molecule has 1 aromatic rings. The van der Waals surface area contributed by atoms with E-state index in [2.05, 4.69) is 25.0 Å². The fourth-order valence-corrected chi connectivity index (χ4v) is 3.41. The second-order valence-electron chi connectivity index (χ2n) is 6.68. The Morgan fingerprint density at radius 2 is 2.19 bits per heavy atom. The number of carbonyl (C=O) groups is 1. The molecule has 1 aliphatic heterocycles. The highest BCUT2D eigenvalue weighted by atomic mass is 16.1. The predicted octanol–water partition coefficient (Wildman–Crippen LogP) is -0.520. The van der Waals surface area contributed by atoms with Crippen LogP contribution in [0.1, 0.15) is 31.5 Å². The summed E-state index contributed by atoms with van der Waals surface area (Å²) in [6.45, 7) is 3.23. The quantitative estimate of drug-likeness (QED) is 0.736. The van der Waals surface area contributed by atoms with E-state index in [-0.39, 0.29) is 5.91 Å². The third-order valence-corrected chi connectivity index (χ3v) is 4.94. The van der Waals surface area contributed by atoms with E-state index in [0.717, 1.165) is 51.1 Å². The highest BCUT2D eigenvalue weighted by molar-refractivity contribution is 5.86. The Kier molecular flexibility index (Phi) is 3.00. The predicted molar refractivity (Wildman–Crippen MR) is 76.1 cm³/mol. The van der Waals surface area contributed by atoms with Gasteiger partial charge in [-0.15, -0.1) is 10.2 Å². The lowest BCUT2D eigenvalue weighted by Crippen LogP contribution is -2.64. The van der Waals surface area contributed by atoms with Crippen LogP contribution >= 0.6 is 0 Å². The molecule has 1 unspecified atom stereocenters. The Balaban J connectivity index is 1.53. The molecule has 1 amide bonds. The summed E-state index contributed by atoms with van der Waals surface area (Å²) in [5, 5.41) is 11.7. The van der Waals surface area contributed by atoms with Crippen molar-refractivity contribution in [2.24, 2.45) is 11.7 Å². The van der Waals surface area contributed by atoms with Gasteiger partial charge >= 0.3 is 0 Å². The first-order chi connectivity index (χ1) is 10.2. The zero-order chi connectivity index (χ0) is 14.4. The molecule has 7 heteroatoms. The number of carbonyl (C=O) groups excluding carboxylic acids is 1. The first-order valence-electron chi connectivity index (χ1n) is 7.84. The molecule has 0 spiro atoms. The maximum Gasteiger partial charge on any atom is 0.239 e. The molecule has 2 aliphatic carbocycles. The summed E-state index contributed by atoms with van der Waals surface area (Å²) in [5.41, 5.74) is 5.27. The third kappa shape index (κ3) is 2.44. The number of nitrogens with two attached hydrogens (primary N) is 1. The number of fused-ring (bicyclic) bond motifs is 1. The minimum Gasteiger partial charge on any atom is -0.368 e. The van der Waals surface area contributed by atoms with Gasteiger partial charge in [0.15, 0.2) is 0 Å². The van der Waals surface area contributed by atoms with Gasteiger partial charge in [0.05, 0.1) is 6.54 Å². The van der Waals surface area contributed by atoms with Crippen molar-refractivity contribution >= 4 is 5.91 Å². The standard InChI is InChI=1S/C14H22N6O/c15-13(21)14(10-1-2-10,17-11-3-4-11)8-19-5-6-20-9-16-18-12(20)7-19/h9-11,17H,1-8H2,(H2,15,21). The minimum absolute atomic E-state index is 0.191. The van der Waals surface area contributed by atoms with Crippen LogP contribution in [-0.4, -0.2) is 50.2 Å². The zero-order valence-corrected chi connectivity index (χ0v) is 12.2. The molecule has 3 aliphatic rings. The summed E-state index contributed by atoms with van der Waals surface area (Å²) in [6.07, 6.45) is 6.31. The monoisotopic (exact) mass is 290 g/mol. The molecular formula is C14H22N6O. The number of rotatable bonds is 6. The Hall–Kier alpha value is -1.47. The van der Waals surface area contributed by atoms with Crippen LogP contribution in [0.4, 0.5) is 0 Å². The SMILES string of the molecule is NC(=O)C(CN1CCn2cnnc2C1)(NC1CC1)C1CC1. The molecule has 0 bridgehead atoms. The molecule has 2 saturated carbocycles. The normalized spacial score (nSPS) is 25.3. The van der Waals surface area contributed by atoms with Gasteiger partial charge in [0.25, 0.3) is 0 Å². The van der Waals surface area contributed by atoms with Gasteiger partial charge in [-0.2, -0.15) is 0 Å². The van der Waals surface area contributed by atoms with E-state index in [1.165, 1.54) is 0 Å². The molecule has 0 aromatic carbocycles. The number of aromatic nitrogens is 3. The number of nitrogens with zero attached hydrogens (tertiary/aromatic N) is 4. The van der Waals surface area contributed by atoms with Crippen molar-refractivity contribution in [3.63, 3.8) is 0 Å². The van der Waals surface area contributed by atoms with E-state index in [1.54, 1.807) is 6.33 Å². The molecular weight excluding hydrogens is 268 g/mol. The van der Waals surface area contributed by atoms with Crippen LogP contribution in [0.3, 0.4) is 0 Å². The van der Waals surface area contributed by atoms with Crippen LogP contribution in [0.25, 0.3) is 0 Å². The van der Waals surface area contributed by atoms with E-state index in [0.29, 0.717) is 18.5 Å². The Bertz CT molecular complexity index is 549. The zero-order valence-electron chi connectivity index (χ0n) is 12.2. The smallest absolute Gasteiger partial charge is 0.239 e. The molecule has 7 nitrogen and oxygen atoms in total. The summed E-state index contributed by atoms with van der Waals surface area (Å²) < 4.78 is 2.08. The van der Waals surface area contributed by atoms with Crippen LogP contribution < -0.4 is 11.1 Å². The van der Waals surface area contributed by atoms with Crippen molar-refractivity contribution in [1.82, 2.24) is 25.0 Å². The lowest BCUT2D eigenvalue weighted by Gasteiger charge is -2.38. The molecule has 2 fully saturated rings. The van der Waals surface area contributed by atoms with Crippen molar-refractivity contribution < 1.29 is 4.79 Å². The van der Waals surface area contributed by atoms with Crippen LogP contribution in [-0.2, 0) is 17.9 Å². The lowest BCUT2D eigenvalue weighted by molar-refractivity contribution is -0.126. The molecule has 0 radical (unpaired) electrons. The summed E-state index contributed by atoms with van der Waals surface area (Å²) in [6, 6.07) is 0.478. The van der Waals surface area contributed by atoms with Crippen molar-refractivity contribution in [2.45, 2.75) is 50.4 Å². The molecule has 114 valence electrons. The summed E-state index contributed by atoms with van der Waals surface area (Å²) in [7, 11) is 0. The van der Waals surface area contributed by atoms with Crippen molar-refractivity contribution in [1.29, 1.82) is 0 Å². The van der Waals surface area contributed by atoms with E-state index in [9.17, 15) is 4.79 Å². The van der Waals surface area contributed by atoms with Crippen molar-refractivity contribution in [3.8, 4) is 0 Å². The highest BCUT2D eigenvalue weighted by Gasteiger charge is 2.52. The molecule has 3 N–H and O–H groups in total. The Morgan fingerprint density at radius 3 is 2.86 bits per heavy atom. The van der Waals surface area contributed by atoms with Gasteiger partial charge in [-0.1, -0.05) is 0 Å². The number of hydrogen-bond donors (Lipinski definition) is 2. The second kappa shape index (κ2) is 4.78. The molecule has 21 heavy (non-hydrogen) atoms. The summed E-state index contributed by atoms with van der Waals surface area (Å²) >= 11 is 0. The number of amides is 1. The Labute approximate surface area is 123 Å². The molecule has 4 rings (SSSR count). The van der Waals surface area contributed by atoms with Gasteiger partial charge in [-0.3, -0.25) is 15.0 Å². The molecule has 1 aromatic heterocycles. The minimum atomic E-state index is -0.552. The number of nitrogens with one attached hydrogen (secondary N) is 1. The van der Waals surface area contributed by atoms with E-state index < -0.39 is 5.54 Å². The molecule has 1 atom stereocenters. The van der Waals surface area contributed by atoms with Crippen LogP contribution in [0.2, 0.25) is 0 Å². The fourth-order valence-electron chi connectivity index (χ4n) is 3.41. The van der Waals surface area contributed by atoms with Crippen LogP contribution in [0.15, 0.2) is 6.33 Å². The molecule has 0 saturated heterocycles. The van der Waals surface area contributed by atoms with Gasteiger partial charge in [-0.25, -0.2) is 0 Å². The Morgan fingerprint density at radius 1 is 1.38 bits per heavy atom. The third-order valence-electron chi connectivity index (χ3n) is 4.94. The van der Waals surface area contributed by atoms with E-state index in [1.807, 2.05) is 0 Å². The highest BCUT2D eigenvalue weighted by Crippen LogP contribution is 2.42. The van der Waals surface area contributed by atoms with Crippen LogP contribution in [0.5, 0.6) is 0 Å². The maximum absolute atomic E-state index is 12.2. The lowest BCUT2D eigenvalue weighted by atomic mass is 9.90. The average molecular weight is 290 g/mol. The van der Waals surface area contributed by atoms with Gasteiger partial charge in [0.2, 0.25) is 5.91 Å². The van der Waals surface area contributed by atoms with Gasteiger partial charge in [0.1, 0.15) is 17.7 Å². The van der Waals surface area contributed by atoms with E-state index in [4.69, 9.17) is 5.73 Å². The number of primary amides is 1. The first-order valence-corrected chi connectivity index (χ1v) is 7.84. The van der Waals surface area contributed by atoms with E-state index >= 15 is 0 Å². The topological polar surface area (TPSA) is 89.1 Å². The van der Waals surface area contributed by atoms with Crippen molar-refractivity contribution in [2.75, 3.05) is 13.1 Å². The molecule has 2 heterocycles. The summed E-state index contributed by atoms with van der Waals surface area (Å²) in [4.78, 5) is 14.5. The second-order valence-corrected chi connectivity index (χ2v) is 6.68. The maximum atomic E-state index is 12.2. The first kappa shape index (κ1) is 13.2. The number of hydrogen-bond acceptors (Lipinski definition) is 5. The van der Waals surface area contributed by atoms with Crippen LogP contribution in [0, 0.1) is 5.92 Å².